The molecule has 0 N–H and O–H groups in total. The van der Waals surface area contributed by atoms with Crippen molar-refractivity contribution in [2.45, 2.75) is 31.3 Å². The second-order valence-electron chi connectivity index (χ2n) is 6.10. The second-order valence-corrected chi connectivity index (χ2v) is 7.52. The third-order valence-corrected chi connectivity index (χ3v) is 5.55. The van der Waals surface area contributed by atoms with Gasteiger partial charge in [-0.05, 0) is 61.7 Å². The number of urea groups is 1. The molecule has 1 aliphatic heterocycles. The van der Waals surface area contributed by atoms with E-state index in [9.17, 15) is 9.59 Å². The molecule has 8 heteroatoms. The SMILES string of the molecule is CCOC(=O)C(CC)Oc1ccc2c(c1)N(C)C(=O)N(c1ccc(Cl)cc1)S2. The lowest BCUT2D eigenvalue weighted by Gasteiger charge is -2.34. The molecule has 0 aliphatic carbocycles. The predicted octanol–water partition coefficient (Wildman–Crippen LogP) is 5.14. The smallest absolute Gasteiger partial charge is 0.347 e. The van der Waals surface area contributed by atoms with Crippen LogP contribution in [0.25, 0.3) is 0 Å². The highest BCUT2D eigenvalue weighted by Crippen LogP contribution is 2.42. The molecule has 2 aromatic rings. The minimum absolute atomic E-state index is 0.186. The first-order valence-corrected chi connectivity index (χ1v) is 10.1. The lowest BCUT2D eigenvalue weighted by atomic mass is 10.2. The Balaban J connectivity index is 1.83. The fourth-order valence-corrected chi connectivity index (χ4v) is 3.89. The van der Waals surface area contributed by atoms with Gasteiger partial charge >= 0.3 is 12.0 Å². The summed E-state index contributed by atoms with van der Waals surface area (Å²) in [6, 6.07) is 12.3. The van der Waals surface area contributed by atoms with Crippen molar-refractivity contribution in [3.63, 3.8) is 0 Å². The molecule has 1 aliphatic rings. The summed E-state index contributed by atoms with van der Waals surface area (Å²) in [4.78, 5) is 27.3. The molecule has 1 atom stereocenters. The minimum Gasteiger partial charge on any atom is -0.479 e. The standard InChI is InChI=1S/C20H21ClN2O4S/c1-4-17(19(24)26-5-2)27-15-10-11-18-16(12-15)22(3)20(25)23(28-18)14-8-6-13(21)7-9-14/h6-12,17H,4-5H2,1-3H3. The molecular weight excluding hydrogens is 400 g/mol. The van der Waals surface area contributed by atoms with Crippen molar-refractivity contribution in [1.29, 1.82) is 0 Å². The number of anilines is 2. The number of carbonyl (C=O) groups excluding carboxylic acids is 2. The maximum atomic E-state index is 12.8. The molecule has 0 aromatic heterocycles. The number of hydrogen-bond acceptors (Lipinski definition) is 5. The van der Waals surface area contributed by atoms with E-state index in [4.69, 9.17) is 21.1 Å². The van der Waals surface area contributed by atoms with Crippen LogP contribution in [0.5, 0.6) is 5.75 Å². The summed E-state index contributed by atoms with van der Waals surface area (Å²) in [6.07, 6.45) is -0.190. The minimum atomic E-state index is -0.680. The van der Waals surface area contributed by atoms with E-state index < -0.39 is 12.1 Å². The van der Waals surface area contributed by atoms with Crippen LogP contribution >= 0.6 is 23.5 Å². The van der Waals surface area contributed by atoms with E-state index in [1.54, 1.807) is 59.6 Å². The van der Waals surface area contributed by atoms with Crippen molar-refractivity contribution in [1.82, 2.24) is 0 Å². The lowest BCUT2D eigenvalue weighted by molar-refractivity contribution is -0.151. The lowest BCUT2D eigenvalue weighted by Crippen LogP contribution is -2.40. The van der Waals surface area contributed by atoms with E-state index in [0.717, 1.165) is 16.3 Å². The van der Waals surface area contributed by atoms with Crippen LogP contribution in [-0.2, 0) is 9.53 Å². The Bertz CT molecular complexity index is 875. The fourth-order valence-electron chi connectivity index (χ4n) is 2.72. The number of esters is 1. The highest BCUT2D eigenvalue weighted by atomic mass is 35.5. The third kappa shape index (κ3) is 4.20. The van der Waals surface area contributed by atoms with Gasteiger partial charge in [-0.25, -0.2) is 13.9 Å². The first-order valence-electron chi connectivity index (χ1n) is 8.93. The van der Waals surface area contributed by atoms with Gasteiger partial charge in [-0.3, -0.25) is 4.90 Å². The van der Waals surface area contributed by atoms with Crippen LogP contribution in [0.15, 0.2) is 47.4 Å². The number of halogens is 1. The molecule has 0 bridgehead atoms. The summed E-state index contributed by atoms with van der Waals surface area (Å²) >= 11 is 7.27. The first-order chi connectivity index (χ1) is 13.4. The molecule has 3 rings (SSSR count). The Kier molecular flexibility index (Phi) is 6.36. The summed E-state index contributed by atoms with van der Waals surface area (Å²) in [5.74, 6) is 0.120. The molecule has 0 radical (unpaired) electrons. The molecule has 2 aromatic carbocycles. The van der Waals surface area contributed by atoms with Gasteiger partial charge in [0.05, 0.1) is 22.9 Å². The van der Waals surface area contributed by atoms with Crippen LogP contribution < -0.4 is 13.9 Å². The Morgan fingerprint density at radius 2 is 1.89 bits per heavy atom. The van der Waals surface area contributed by atoms with E-state index in [0.29, 0.717) is 23.8 Å². The van der Waals surface area contributed by atoms with E-state index in [2.05, 4.69) is 0 Å². The maximum Gasteiger partial charge on any atom is 0.347 e. The predicted molar refractivity (Wildman–Crippen MR) is 111 cm³/mol. The molecule has 0 fully saturated rings. The summed E-state index contributed by atoms with van der Waals surface area (Å²) in [7, 11) is 1.70. The van der Waals surface area contributed by atoms with Crippen molar-refractivity contribution < 1.29 is 19.1 Å². The van der Waals surface area contributed by atoms with Crippen molar-refractivity contribution in [2.75, 3.05) is 22.9 Å². The average Bonchev–Trinajstić information content (AvgIpc) is 2.70. The van der Waals surface area contributed by atoms with E-state index >= 15 is 0 Å². The van der Waals surface area contributed by atoms with Crippen LogP contribution in [0, 0.1) is 0 Å². The Morgan fingerprint density at radius 1 is 1.18 bits per heavy atom. The molecule has 2 amide bonds. The van der Waals surface area contributed by atoms with Crippen molar-refractivity contribution in [3.8, 4) is 5.75 Å². The van der Waals surface area contributed by atoms with E-state index in [-0.39, 0.29) is 6.03 Å². The average molecular weight is 421 g/mol. The number of hydrogen-bond donors (Lipinski definition) is 0. The van der Waals surface area contributed by atoms with Crippen LogP contribution in [-0.4, -0.2) is 31.8 Å². The number of fused-ring (bicyclic) bond motifs is 1. The molecule has 28 heavy (non-hydrogen) atoms. The molecule has 0 saturated heterocycles. The van der Waals surface area contributed by atoms with Crippen molar-refractivity contribution in [3.05, 3.63) is 47.5 Å². The summed E-state index contributed by atoms with van der Waals surface area (Å²) in [5.41, 5.74) is 1.46. The summed E-state index contributed by atoms with van der Waals surface area (Å²) in [6.45, 7) is 3.92. The highest BCUT2D eigenvalue weighted by Gasteiger charge is 2.31. The Labute approximate surface area is 173 Å². The van der Waals surface area contributed by atoms with Gasteiger partial charge in [0.25, 0.3) is 0 Å². The zero-order valence-electron chi connectivity index (χ0n) is 15.8. The zero-order chi connectivity index (χ0) is 20.3. The van der Waals surface area contributed by atoms with Crippen molar-refractivity contribution >= 4 is 46.9 Å². The molecule has 0 saturated carbocycles. The monoisotopic (exact) mass is 420 g/mol. The number of nitrogens with zero attached hydrogens (tertiary/aromatic N) is 2. The molecule has 1 unspecified atom stereocenters. The maximum absolute atomic E-state index is 12.8. The number of rotatable bonds is 6. The first kappa shape index (κ1) is 20.4. The molecular formula is C20H21ClN2O4S. The topological polar surface area (TPSA) is 59.1 Å². The van der Waals surface area contributed by atoms with Gasteiger partial charge in [-0.1, -0.05) is 18.5 Å². The largest absolute Gasteiger partial charge is 0.479 e. The summed E-state index contributed by atoms with van der Waals surface area (Å²) in [5, 5.41) is 0.612. The highest BCUT2D eigenvalue weighted by molar-refractivity contribution is 8.01. The van der Waals surface area contributed by atoms with Gasteiger partial charge in [-0.15, -0.1) is 0 Å². The molecule has 148 valence electrons. The van der Waals surface area contributed by atoms with Crippen LogP contribution in [0.1, 0.15) is 20.3 Å². The Morgan fingerprint density at radius 3 is 2.54 bits per heavy atom. The van der Waals surface area contributed by atoms with Gasteiger partial charge in [0.1, 0.15) is 5.75 Å². The number of ether oxygens (including phenoxy) is 2. The van der Waals surface area contributed by atoms with E-state index in [1.807, 2.05) is 13.0 Å². The van der Waals surface area contributed by atoms with Crippen LogP contribution in [0.4, 0.5) is 16.2 Å². The van der Waals surface area contributed by atoms with Crippen LogP contribution in [0.2, 0.25) is 5.02 Å². The Hall–Kier alpha value is -2.38. The molecule has 1 heterocycles. The quantitative estimate of drug-likeness (QED) is 0.478. The number of benzene rings is 2. The second kappa shape index (κ2) is 8.75. The third-order valence-electron chi connectivity index (χ3n) is 4.20. The van der Waals surface area contributed by atoms with Crippen LogP contribution in [0.3, 0.4) is 0 Å². The van der Waals surface area contributed by atoms with Gasteiger partial charge in [0.15, 0.2) is 6.10 Å². The van der Waals surface area contributed by atoms with Gasteiger partial charge in [-0.2, -0.15) is 0 Å². The zero-order valence-corrected chi connectivity index (χ0v) is 17.4. The fraction of sp³-hybridized carbons (Fsp3) is 0.300. The van der Waals surface area contributed by atoms with Gasteiger partial charge in [0, 0.05) is 18.1 Å². The van der Waals surface area contributed by atoms with Gasteiger partial charge in [0.2, 0.25) is 0 Å². The van der Waals surface area contributed by atoms with E-state index in [1.165, 1.54) is 11.9 Å². The summed E-state index contributed by atoms with van der Waals surface area (Å²) < 4.78 is 12.4. The normalized spacial score (nSPS) is 14.5. The molecule has 6 nitrogen and oxygen atoms in total. The van der Waals surface area contributed by atoms with Crippen molar-refractivity contribution in [2.24, 2.45) is 0 Å². The molecule has 0 spiro atoms. The number of carbonyl (C=O) groups is 2. The number of amides is 2. The van der Waals surface area contributed by atoms with Gasteiger partial charge < -0.3 is 9.47 Å².